The summed E-state index contributed by atoms with van der Waals surface area (Å²) in [7, 11) is 3.70. The van der Waals surface area contributed by atoms with Gasteiger partial charge in [-0.15, -0.1) is 0 Å². The Morgan fingerprint density at radius 3 is 2.88 bits per heavy atom. The maximum Gasteiger partial charge on any atom is 0.173 e. The Hall–Kier alpha value is -1.13. The van der Waals surface area contributed by atoms with Gasteiger partial charge in [-0.1, -0.05) is 12.1 Å². The van der Waals surface area contributed by atoms with Crippen molar-refractivity contribution < 1.29 is 4.74 Å². The molecular weight excluding hydrogens is 232 g/mol. The van der Waals surface area contributed by atoms with Gasteiger partial charge in [-0.2, -0.15) is 0 Å². The van der Waals surface area contributed by atoms with E-state index in [9.17, 15) is 0 Å². The molecule has 0 aliphatic heterocycles. The summed E-state index contributed by atoms with van der Waals surface area (Å²) in [6.45, 7) is 3.72. The molecule has 1 N–H and O–H groups in total. The van der Waals surface area contributed by atoms with Crippen LogP contribution in [0.3, 0.4) is 0 Å². The summed E-state index contributed by atoms with van der Waals surface area (Å²) in [5.41, 5.74) is 2.26. The Bertz CT molecular complexity index is 368. The summed E-state index contributed by atoms with van der Waals surface area (Å²) in [4.78, 5) is 2.02. The maximum atomic E-state index is 5.33. The lowest BCUT2D eigenvalue weighted by Gasteiger charge is -2.21. The number of thiocarbonyl (C=S) groups is 1. The van der Waals surface area contributed by atoms with Crippen molar-refractivity contribution in [3.05, 3.63) is 29.8 Å². The third-order valence-electron chi connectivity index (χ3n) is 2.46. The van der Waals surface area contributed by atoms with Crippen molar-refractivity contribution in [3.63, 3.8) is 0 Å². The molecule has 0 amide bonds. The number of hydrogen-bond donors (Lipinski definition) is 1. The molecule has 0 bridgehead atoms. The second-order valence-corrected chi connectivity index (χ2v) is 4.45. The van der Waals surface area contributed by atoms with Gasteiger partial charge in [-0.25, -0.2) is 0 Å². The van der Waals surface area contributed by atoms with Gasteiger partial charge in [0.25, 0.3) is 0 Å². The minimum atomic E-state index is 0.742. The zero-order chi connectivity index (χ0) is 12.7. The normalized spacial score (nSPS) is 10.1. The Morgan fingerprint density at radius 1 is 1.47 bits per heavy atom. The number of aryl methyl sites for hydroxylation is 1. The first kappa shape index (κ1) is 13.9. The topological polar surface area (TPSA) is 24.5 Å². The zero-order valence-corrected chi connectivity index (χ0v) is 11.5. The average molecular weight is 252 g/mol. The van der Waals surface area contributed by atoms with Gasteiger partial charge in [0.1, 0.15) is 0 Å². The summed E-state index contributed by atoms with van der Waals surface area (Å²) in [5, 5.41) is 3.97. The van der Waals surface area contributed by atoms with Gasteiger partial charge in [0.2, 0.25) is 0 Å². The summed E-state index contributed by atoms with van der Waals surface area (Å²) >= 11 is 5.33. The fourth-order valence-corrected chi connectivity index (χ4v) is 1.70. The van der Waals surface area contributed by atoms with Gasteiger partial charge in [0, 0.05) is 33.0 Å². The second kappa shape index (κ2) is 7.25. The molecular formula is C13H20N2OS. The molecule has 0 aliphatic rings. The molecule has 0 heterocycles. The van der Waals surface area contributed by atoms with E-state index in [2.05, 4.69) is 24.4 Å². The number of methoxy groups -OCH3 is 1. The van der Waals surface area contributed by atoms with Gasteiger partial charge >= 0.3 is 0 Å². The molecule has 17 heavy (non-hydrogen) atoms. The molecule has 0 unspecified atom stereocenters. The highest BCUT2D eigenvalue weighted by Crippen LogP contribution is 2.10. The molecule has 0 fully saturated rings. The van der Waals surface area contributed by atoms with Crippen LogP contribution in [-0.2, 0) is 4.74 Å². The molecule has 0 atom stereocenters. The number of nitrogens with one attached hydrogen (secondary N) is 1. The van der Waals surface area contributed by atoms with Crippen molar-refractivity contribution in [1.82, 2.24) is 4.90 Å². The van der Waals surface area contributed by atoms with Crippen LogP contribution in [0.4, 0.5) is 5.69 Å². The molecule has 3 nitrogen and oxygen atoms in total. The lowest BCUT2D eigenvalue weighted by atomic mass is 10.2. The molecule has 0 saturated carbocycles. The van der Waals surface area contributed by atoms with Gasteiger partial charge in [-0.05, 0) is 43.3 Å². The van der Waals surface area contributed by atoms with E-state index in [1.165, 1.54) is 5.56 Å². The van der Waals surface area contributed by atoms with Crippen LogP contribution in [0.5, 0.6) is 0 Å². The van der Waals surface area contributed by atoms with E-state index in [0.29, 0.717) is 0 Å². The van der Waals surface area contributed by atoms with E-state index < -0.39 is 0 Å². The van der Waals surface area contributed by atoms with Crippen molar-refractivity contribution in [2.24, 2.45) is 0 Å². The Labute approximate surface area is 109 Å². The highest BCUT2D eigenvalue weighted by atomic mass is 32.1. The molecule has 0 radical (unpaired) electrons. The predicted molar refractivity (Wildman–Crippen MR) is 76.5 cm³/mol. The van der Waals surface area contributed by atoms with Crippen molar-refractivity contribution in [2.45, 2.75) is 13.3 Å². The lowest BCUT2D eigenvalue weighted by Crippen LogP contribution is -2.32. The summed E-state index contributed by atoms with van der Waals surface area (Å²) < 4.78 is 5.02. The molecule has 94 valence electrons. The molecule has 1 aromatic rings. The lowest BCUT2D eigenvalue weighted by molar-refractivity contribution is 0.189. The van der Waals surface area contributed by atoms with Crippen LogP contribution in [0, 0.1) is 6.92 Å². The molecule has 1 aromatic carbocycles. The second-order valence-electron chi connectivity index (χ2n) is 4.07. The van der Waals surface area contributed by atoms with Crippen molar-refractivity contribution >= 4 is 23.0 Å². The predicted octanol–water partition coefficient (Wildman–Crippen LogP) is 2.66. The van der Waals surface area contributed by atoms with Gasteiger partial charge < -0.3 is 15.0 Å². The van der Waals surface area contributed by atoms with Gasteiger partial charge in [-0.3, -0.25) is 0 Å². The van der Waals surface area contributed by atoms with Crippen LogP contribution >= 0.6 is 12.2 Å². The van der Waals surface area contributed by atoms with Gasteiger partial charge in [0.05, 0.1) is 0 Å². The summed E-state index contributed by atoms with van der Waals surface area (Å²) in [5.74, 6) is 0. The number of hydrogen-bond acceptors (Lipinski definition) is 2. The fourth-order valence-electron chi connectivity index (χ4n) is 1.49. The zero-order valence-electron chi connectivity index (χ0n) is 10.7. The number of benzene rings is 1. The average Bonchev–Trinajstić information content (AvgIpc) is 2.29. The van der Waals surface area contributed by atoms with Crippen LogP contribution in [-0.4, -0.2) is 37.3 Å². The van der Waals surface area contributed by atoms with E-state index in [1.54, 1.807) is 7.11 Å². The number of rotatable bonds is 5. The molecule has 4 heteroatoms. The third kappa shape index (κ3) is 5.15. The molecule has 0 saturated heterocycles. The van der Waals surface area contributed by atoms with E-state index in [4.69, 9.17) is 17.0 Å². The Kier molecular flexibility index (Phi) is 5.94. The van der Waals surface area contributed by atoms with E-state index in [1.807, 2.05) is 24.1 Å². The first-order valence-electron chi connectivity index (χ1n) is 5.71. The number of ether oxygens (including phenoxy) is 1. The van der Waals surface area contributed by atoms with Crippen LogP contribution in [0.25, 0.3) is 0 Å². The molecule has 0 aromatic heterocycles. The largest absolute Gasteiger partial charge is 0.385 e. The number of nitrogens with zero attached hydrogens (tertiary/aromatic N) is 1. The van der Waals surface area contributed by atoms with E-state index >= 15 is 0 Å². The SMILES string of the molecule is COCCCN(C)C(=S)Nc1cccc(C)c1. The van der Waals surface area contributed by atoms with E-state index in [-0.39, 0.29) is 0 Å². The maximum absolute atomic E-state index is 5.33. The molecule has 0 spiro atoms. The van der Waals surface area contributed by atoms with Crippen LogP contribution in [0.1, 0.15) is 12.0 Å². The smallest absolute Gasteiger partial charge is 0.173 e. The summed E-state index contributed by atoms with van der Waals surface area (Å²) in [6.07, 6.45) is 0.975. The monoisotopic (exact) mass is 252 g/mol. The van der Waals surface area contributed by atoms with Crippen LogP contribution in [0.15, 0.2) is 24.3 Å². The van der Waals surface area contributed by atoms with Crippen molar-refractivity contribution in [3.8, 4) is 0 Å². The Morgan fingerprint density at radius 2 is 2.24 bits per heavy atom. The minimum Gasteiger partial charge on any atom is -0.385 e. The first-order chi connectivity index (χ1) is 8.13. The number of anilines is 1. The highest BCUT2D eigenvalue weighted by Gasteiger charge is 2.04. The third-order valence-corrected chi connectivity index (χ3v) is 2.87. The quantitative estimate of drug-likeness (QED) is 0.643. The van der Waals surface area contributed by atoms with Crippen molar-refractivity contribution in [1.29, 1.82) is 0 Å². The van der Waals surface area contributed by atoms with Crippen molar-refractivity contribution in [2.75, 3.05) is 32.6 Å². The van der Waals surface area contributed by atoms with Crippen LogP contribution in [0.2, 0.25) is 0 Å². The van der Waals surface area contributed by atoms with E-state index in [0.717, 1.165) is 30.4 Å². The molecule has 0 aliphatic carbocycles. The summed E-state index contributed by atoms with van der Waals surface area (Å²) in [6, 6.07) is 8.18. The first-order valence-corrected chi connectivity index (χ1v) is 6.12. The van der Waals surface area contributed by atoms with Gasteiger partial charge in [0.15, 0.2) is 5.11 Å². The standard InChI is InChI=1S/C13H20N2OS/c1-11-6-4-7-12(10-11)14-13(17)15(2)8-5-9-16-3/h4,6-7,10H,5,8-9H2,1-3H3,(H,14,17). The Balaban J connectivity index is 2.43. The fraction of sp³-hybridized carbons (Fsp3) is 0.462. The molecule has 1 rings (SSSR count). The van der Waals surface area contributed by atoms with Crippen LogP contribution < -0.4 is 5.32 Å². The highest BCUT2D eigenvalue weighted by molar-refractivity contribution is 7.80. The minimum absolute atomic E-state index is 0.742.